The molecule has 0 atom stereocenters. The Balaban J connectivity index is 1.91. The van der Waals surface area contributed by atoms with Crippen LogP contribution in [-0.4, -0.2) is 34.4 Å². The second-order valence-electron chi connectivity index (χ2n) is 6.56. The highest BCUT2D eigenvalue weighted by Crippen LogP contribution is 2.33. The molecule has 0 spiro atoms. The van der Waals surface area contributed by atoms with E-state index in [9.17, 15) is 19.8 Å². The second-order valence-corrected chi connectivity index (χ2v) is 6.56. The molecule has 2 heterocycles. The van der Waals surface area contributed by atoms with Crippen LogP contribution in [0.2, 0.25) is 0 Å². The maximum absolute atomic E-state index is 12.5. The number of pyridine rings is 2. The van der Waals surface area contributed by atoms with Gasteiger partial charge in [-0.3, -0.25) is 9.59 Å². The van der Waals surface area contributed by atoms with Crippen LogP contribution >= 0.6 is 0 Å². The molecule has 0 amide bonds. The highest BCUT2D eigenvalue weighted by molar-refractivity contribution is 5.89. The van der Waals surface area contributed by atoms with Crippen molar-refractivity contribution in [2.45, 2.75) is 6.42 Å². The van der Waals surface area contributed by atoms with Crippen LogP contribution in [0, 0.1) is 0 Å². The van der Waals surface area contributed by atoms with Crippen molar-refractivity contribution in [3.63, 3.8) is 0 Å². The summed E-state index contributed by atoms with van der Waals surface area (Å²) >= 11 is 0. The Kier molecular flexibility index (Phi) is 4.38. The molecule has 0 radical (unpaired) electrons. The molecule has 0 aliphatic carbocycles. The first-order valence-corrected chi connectivity index (χ1v) is 8.76. The van der Waals surface area contributed by atoms with E-state index < -0.39 is 11.1 Å². The molecule has 0 aliphatic heterocycles. The molecular weight excluding hydrogens is 376 g/mol. The third kappa shape index (κ3) is 3.04. The van der Waals surface area contributed by atoms with Gasteiger partial charge in [0.2, 0.25) is 0 Å². The van der Waals surface area contributed by atoms with Gasteiger partial charge in [0.05, 0.1) is 36.4 Å². The van der Waals surface area contributed by atoms with Crippen LogP contribution in [-0.2, 0) is 6.42 Å². The number of aromatic amines is 2. The van der Waals surface area contributed by atoms with Crippen molar-refractivity contribution in [3.05, 3.63) is 68.2 Å². The molecule has 4 rings (SSSR count). The molecule has 4 N–H and O–H groups in total. The Morgan fingerprint density at radius 2 is 1.17 bits per heavy atom. The third-order valence-corrected chi connectivity index (χ3v) is 4.93. The van der Waals surface area contributed by atoms with Gasteiger partial charge in [-0.2, -0.15) is 0 Å². The molecule has 4 aromatic rings. The fourth-order valence-electron chi connectivity index (χ4n) is 3.35. The predicted molar refractivity (Wildman–Crippen MR) is 108 cm³/mol. The predicted octanol–water partition coefficient (Wildman–Crippen LogP) is 2.39. The number of hydrogen-bond donors (Lipinski definition) is 4. The molecule has 0 aliphatic rings. The van der Waals surface area contributed by atoms with Gasteiger partial charge in [0.25, 0.3) is 11.1 Å². The summed E-state index contributed by atoms with van der Waals surface area (Å²) in [4.78, 5) is 30.4. The van der Waals surface area contributed by atoms with E-state index in [1.807, 2.05) is 0 Å². The van der Waals surface area contributed by atoms with Crippen LogP contribution in [0.1, 0.15) is 11.1 Å². The number of benzene rings is 2. The largest absolute Gasteiger partial charge is 0.507 e. The van der Waals surface area contributed by atoms with Crippen molar-refractivity contribution in [1.82, 2.24) is 9.97 Å². The first kappa shape index (κ1) is 18.4. The number of rotatable bonds is 4. The minimum atomic E-state index is -0.551. The highest BCUT2D eigenvalue weighted by Gasteiger charge is 2.19. The second kappa shape index (κ2) is 6.90. The van der Waals surface area contributed by atoms with Crippen molar-refractivity contribution in [1.29, 1.82) is 0 Å². The monoisotopic (exact) mass is 394 g/mol. The Bertz CT molecular complexity index is 1260. The first-order chi connectivity index (χ1) is 13.9. The van der Waals surface area contributed by atoms with Crippen LogP contribution in [0.4, 0.5) is 0 Å². The van der Waals surface area contributed by atoms with Gasteiger partial charge in [-0.05, 0) is 36.4 Å². The normalized spacial score (nSPS) is 11.1. The lowest BCUT2D eigenvalue weighted by Crippen LogP contribution is -2.19. The van der Waals surface area contributed by atoms with Gasteiger partial charge in [-0.1, -0.05) is 0 Å². The minimum absolute atomic E-state index is 0.0335. The van der Waals surface area contributed by atoms with E-state index >= 15 is 0 Å². The summed E-state index contributed by atoms with van der Waals surface area (Å²) in [5.41, 5.74) is -0.311. The number of methoxy groups -OCH3 is 2. The smallest absolute Gasteiger partial charge is 0.255 e. The molecule has 29 heavy (non-hydrogen) atoms. The maximum atomic E-state index is 12.5. The lowest BCUT2D eigenvalue weighted by atomic mass is 10.0. The number of aromatic nitrogens is 2. The van der Waals surface area contributed by atoms with E-state index in [2.05, 4.69) is 9.97 Å². The van der Waals surface area contributed by atoms with Crippen molar-refractivity contribution in [2.75, 3.05) is 14.2 Å². The van der Waals surface area contributed by atoms with Gasteiger partial charge in [-0.25, -0.2) is 0 Å². The summed E-state index contributed by atoms with van der Waals surface area (Å²) in [5, 5.41) is 22.1. The average Bonchev–Trinajstić information content (AvgIpc) is 2.72. The van der Waals surface area contributed by atoms with Crippen LogP contribution in [0.25, 0.3) is 21.8 Å². The molecular formula is C21H18N2O6. The molecule has 0 fully saturated rings. The van der Waals surface area contributed by atoms with Gasteiger partial charge >= 0.3 is 0 Å². The Morgan fingerprint density at radius 1 is 0.759 bits per heavy atom. The van der Waals surface area contributed by atoms with Gasteiger partial charge < -0.3 is 29.7 Å². The zero-order chi connectivity index (χ0) is 20.7. The third-order valence-electron chi connectivity index (χ3n) is 4.93. The molecule has 8 heteroatoms. The Morgan fingerprint density at radius 3 is 1.55 bits per heavy atom. The fraction of sp³-hybridized carbons (Fsp3) is 0.143. The SMILES string of the molecule is COc1ccc2[nH]c(=O)c(Cc3c(O)c4cc(OC)ccc4[nH]c3=O)c(O)c2c1. The van der Waals surface area contributed by atoms with Gasteiger partial charge in [0.15, 0.2) is 0 Å². The zero-order valence-electron chi connectivity index (χ0n) is 15.7. The van der Waals surface area contributed by atoms with Gasteiger partial charge in [-0.15, -0.1) is 0 Å². The lowest BCUT2D eigenvalue weighted by molar-refractivity contribution is 0.415. The van der Waals surface area contributed by atoms with Crippen molar-refractivity contribution < 1.29 is 19.7 Å². The molecule has 0 bridgehead atoms. The molecule has 0 saturated carbocycles. The zero-order valence-corrected chi connectivity index (χ0v) is 15.7. The quantitative estimate of drug-likeness (QED) is 0.421. The Labute approximate surface area is 164 Å². The molecule has 0 unspecified atom stereocenters. The van der Waals surface area contributed by atoms with Crippen molar-refractivity contribution >= 4 is 21.8 Å². The molecule has 0 saturated heterocycles. The highest BCUT2D eigenvalue weighted by atomic mass is 16.5. The summed E-state index contributed by atoms with van der Waals surface area (Å²) in [6, 6.07) is 9.71. The minimum Gasteiger partial charge on any atom is -0.507 e. The number of fused-ring (bicyclic) bond motifs is 2. The van der Waals surface area contributed by atoms with Crippen LogP contribution in [0.3, 0.4) is 0 Å². The molecule has 148 valence electrons. The van der Waals surface area contributed by atoms with Crippen LogP contribution in [0.15, 0.2) is 46.0 Å². The summed E-state index contributed by atoms with van der Waals surface area (Å²) in [5.74, 6) is 0.466. The number of H-pyrrole nitrogens is 2. The number of aromatic hydroxyl groups is 2. The molecule has 2 aromatic carbocycles. The number of nitrogens with one attached hydrogen (secondary N) is 2. The summed E-state index contributed by atoms with van der Waals surface area (Å²) < 4.78 is 10.3. The van der Waals surface area contributed by atoms with Crippen LogP contribution < -0.4 is 20.6 Å². The fourth-order valence-corrected chi connectivity index (χ4v) is 3.35. The molecule has 8 nitrogen and oxygen atoms in total. The Hall–Kier alpha value is -3.94. The van der Waals surface area contributed by atoms with E-state index in [1.165, 1.54) is 14.2 Å². The van der Waals surface area contributed by atoms with Crippen molar-refractivity contribution in [3.8, 4) is 23.0 Å². The summed E-state index contributed by atoms with van der Waals surface area (Å²) in [6.45, 7) is 0. The van der Waals surface area contributed by atoms with Gasteiger partial charge in [0, 0.05) is 17.2 Å². The van der Waals surface area contributed by atoms with Crippen LogP contribution in [0.5, 0.6) is 23.0 Å². The lowest BCUT2D eigenvalue weighted by Gasteiger charge is -2.11. The summed E-state index contributed by atoms with van der Waals surface area (Å²) in [7, 11) is 2.98. The van der Waals surface area contributed by atoms with E-state index in [0.29, 0.717) is 33.3 Å². The number of ether oxygens (including phenoxy) is 2. The number of hydrogen-bond acceptors (Lipinski definition) is 6. The first-order valence-electron chi connectivity index (χ1n) is 8.76. The van der Waals surface area contributed by atoms with E-state index in [1.54, 1.807) is 36.4 Å². The summed E-state index contributed by atoms with van der Waals surface area (Å²) in [6.07, 6.45) is -0.261. The molecule has 2 aromatic heterocycles. The standard InChI is InChI=1S/C21H18N2O6/c1-28-10-3-5-16-12(7-10)18(24)14(20(26)22-16)9-15-19(25)13-8-11(29-2)4-6-17(13)23-21(15)27/h3-8H,9H2,1-2H3,(H2,22,24,26)(H2,23,25,27). The maximum Gasteiger partial charge on any atom is 0.255 e. The topological polar surface area (TPSA) is 125 Å². The van der Waals surface area contributed by atoms with E-state index in [4.69, 9.17) is 9.47 Å². The van der Waals surface area contributed by atoms with E-state index in [-0.39, 0.29) is 29.0 Å². The average molecular weight is 394 g/mol. The van der Waals surface area contributed by atoms with Gasteiger partial charge in [0.1, 0.15) is 23.0 Å². The van der Waals surface area contributed by atoms with Crippen molar-refractivity contribution in [2.24, 2.45) is 0 Å². The van der Waals surface area contributed by atoms with E-state index in [0.717, 1.165) is 0 Å².